The normalized spacial score (nSPS) is 24.1. The van der Waals surface area contributed by atoms with Crippen LogP contribution in [0.15, 0.2) is 12.1 Å². The lowest BCUT2D eigenvalue weighted by Crippen LogP contribution is -2.33. The topological polar surface area (TPSA) is 91.8 Å². The molecule has 0 amide bonds. The van der Waals surface area contributed by atoms with Crippen molar-refractivity contribution in [2.45, 2.75) is 18.6 Å². The highest BCUT2D eigenvalue weighted by Gasteiger charge is 2.31. The van der Waals surface area contributed by atoms with Crippen LogP contribution < -0.4 is 15.4 Å². The summed E-state index contributed by atoms with van der Waals surface area (Å²) in [6, 6.07) is 3.37. The van der Waals surface area contributed by atoms with E-state index >= 15 is 0 Å². The maximum atomic E-state index is 9.61. The third kappa shape index (κ3) is 2.27. The van der Waals surface area contributed by atoms with Crippen molar-refractivity contribution in [3.63, 3.8) is 0 Å². The molecule has 0 saturated carbocycles. The average molecular weight is 239 g/mol. The van der Waals surface area contributed by atoms with E-state index in [9.17, 15) is 10.2 Å². The Balaban J connectivity index is 2.27. The molecular weight excluding hydrogens is 222 g/mol. The first-order valence-corrected chi connectivity index (χ1v) is 5.51. The molecule has 6 heteroatoms. The third-order valence-corrected chi connectivity index (χ3v) is 2.97. The predicted octanol–water partition coefficient (Wildman–Crippen LogP) is -0.396. The number of nitrogens with two attached hydrogens (primary N) is 1. The molecule has 94 valence electrons. The Morgan fingerprint density at radius 1 is 1.59 bits per heavy atom. The Morgan fingerprint density at radius 2 is 2.35 bits per heavy atom. The molecule has 6 nitrogen and oxygen atoms in total. The van der Waals surface area contributed by atoms with Gasteiger partial charge >= 0.3 is 0 Å². The Kier molecular flexibility index (Phi) is 3.35. The molecule has 2 unspecified atom stereocenters. The lowest BCUT2D eigenvalue weighted by molar-refractivity contribution is 0.184. The minimum atomic E-state index is -0.433. The van der Waals surface area contributed by atoms with E-state index in [1.807, 2.05) is 4.90 Å². The Morgan fingerprint density at radius 3 is 3.00 bits per heavy atom. The highest BCUT2D eigenvalue weighted by atomic mass is 16.5. The van der Waals surface area contributed by atoms with Crippen molar-refractivity contribution in [3.8, 4) is 5.88 Å². The van der Waals surface area contributed by atoms with Crippen LogP contribution in [0.5, 0.6) is 5.88 Å². The highest BCUT2D eigenvalue weighted by Crippen LogP contribution is 2.28. The van der Waals surface area contributed by atoms with Crippen LogP contribution in [0.4, 0.5) is 11.5 Å². The Hall–Kier alpha value is -1.53. The van der Waals surface area contributed by atoms with E-state index in [1.165, 1.54) is 7.11 Å². The van der Waals surface area contributed by atoms with Crippen molar-refractivity contribution in [2.24, 2.45) is 0 Å². The van der Waals surface area contributed by atoms with Crippen LogP contribution in [0.2, 0.25) is 0 Å². The van der Waals surface area contributed by atoms with E-state index < -0.39 is 6.10 Å². The quantitative estimate of drug-likeness (QED) is 0.665. The van der Waals surface area contributed by atoms with Crippen molar-refractivity contribution in [1.82, 2.24) is 4.98 Å². The van der Waals surface area contributed by atoms with Gasteiger partial charge in [0.1, 0.15) is 5.82 Å². The summed E-state index contributed by atoms with van der Waals surface area (Å²) in [7, 11) is 1.50. The van der Waals surface area contributed by atoms with Gasteiger partial charge in [-0.25, -0.2) is 0 Å². The number of β-amino-alcohol motifs (C(OH)–C–C–N with tert-alkyl or cyclic N) is 1. The number of pyridine rings is 1. The van der Waals surface area contributed by atoms with Gasteiger partial charge in [0, 0.05) is 6.54 Å². The van der Waals surface area contributed by atoms with Gasteiger partial charge in [-0.1, -0.05) is 0 Å². The fraction of sp³-hybridized carbons (Fsp3) is 0.545. The average Bonchev–Trinajstić information content (AvgIpc) is 2.71. The lowest BCUT2D eigenvalue weighted by atomic mass is 10.2. The molecule has 1 aliphatic heterocycles. The highest BCUT2D eigenvalue weighted by molar-refractivity contribution is 5.55. The Labute approximate surface area is 99.6 Å². The molecule has 1 aromatic rings. The van der Waals surface area contributed by atoms with Crippen LogP contribution in [0.25, 0.3) is 0 Å². The molecule has 2 atom stereocenters. The van der Waals surface area contributed by atoms with E-state index in [2.05, 4.69) is 4.98 Å². The molecule has 2 rings (SSSR count). The minimum absolute atomic E-state index is 0.00850. The van der Waals surface area contributed by atoms with Gasteiger partial charge in [0.2, 0.25) is 5.88 Å². The number of methoxy groups -OCH3 is 1. The second kappa shape index (κ2) is 4.77. The van der Waals surface area contributed by atoms with Gasteiger partial charge in [-0.2, -0.15) is 4.98 Å². The molecule has 0 spiro atoms. The van der Waals surface area contributed by atoms with Crippen molar-refractivity contribution in [3.05, 3.63) is 12.1 Å². The number of nitrogens with zero attached hydrogens (tertiary/aromatic N) is 2. The number of anilines is 2. The largest absolute Gasteiger partial charge is 0.479 e. The SMILES string of the molecule is COc1nc(N2CC(O)CC2CO)ccc1N. The van der Waals surface area contributed by atoms with E-state index in [4.69, 9.17) is 10.5 Å². The van der Waals surface area contributed by atoms with Gasteiger partial charge in [0.05, 0.1) is 31.5 Å². The number of hydrogen-bond donors (Lipinski definition) is 3. The fourth-order valence-electron chi connectivity index (χ4n) is 2.11. The van der Waals surface area contributed by atoms with E-state index in [0.29, 0.717) is 30.4 Å². The molecule has 0 aliphatic carbocycles. The number of nitrogen functional groups attached to an aromatic ring is 1. The fourth-order valence-corrected chi connectivity index (χ4v) is 2.11. The lowest BCUT2D eigenvalue weighted by Gasteiger charge is -2.24. The predicted molar refractivity (Wildman–Crippen MR) is 64.0 cm³/mol. The standard InChI is InChI=1S/C11H17N3O3/c1-17-11-9(12)2-3-10(13-11)14-5-8(16)4-7(14)6-15/h2-3,7-8,15-16H,4-6,12H2,1H3. The molecule has 4 N–H and O–H groups in total. The maximum absolute atomic E-state index is 9.61. The summed E-state index contributed by atoms with van der Waals surface area (Å²) in [5.41, 5.74) is 6.16. The number of aliphatic hydroxyl groups excluding tert-OH is 2. The van der Waals surface area contributed by atoms with Crippen LogP contribution in [0, 0.1) is 0 Å². The smallest absolute Gasteiger partial charge is 0.238 e. The first-order chi connectivity index (χ1) is 8.15. The number of hydrogen-bond acceptors (Lipinski definition) is 6. The summed E-state index contributed by atoms with van der Waals surface area (Å²) in [6.45, 7) is 0.455. The minimum Gasteiger partial charge on any atom is -0.479 e. The molecule has 1 aliphatic rings. The zero-order chi connectivity index (χ0) is 12.4. The van der Waals surface area contributed by atoms with E-state index in [1.54, 1.807) is 12.1 Å². The molecule has 1 aromatic heterocycles. The maximum Gasteiger partial charge on any atom is 0.238 e. The summed E-state index contributed by atoms with van der Waals surface area (Å²) in [5.74, 6) is 1.02. The van der Waals surface area contributed by atoms with Gasteiger partial charge in [-0.05, 0) is 18.6 Å². The van der Waals surface area contributed by atoms with Crippen LogP contribution in [0.1, 0.15) is 6.42 Å². The van der Waals surface area contributed by atoms with Crippen molar-refractivity contribution >= 4 is 11.5 Å². The second-order valence-electron chi connectivity index (χ2n) is 4.15. The summed E-state index contributed by atoms with van der Waals surface area (Å²) >= 11 is 0. The molecule has 1 fully saturated rings. The number of aliphatic hydroxyl groups is 2. The summed E-state index contributed by atoms with van der Waals surface area (Å²) < 4.78 is 5.05. The molecule has 0 bridgehead atoms. The van der Waals surface area contributed by atoms with Gasteiger partial charge in [0.25, 0.3) is 0 Å². The van der Waals surface area contributed by atoms with Gasteiger partial charge in [-0.15, -0.1) is 0 Å². The van der Waals surface area contributed by atoms with Gasteiger partial charge < -0.3 is 25.6 Å². The molecule has 17 heavy (non-hydrogen) atoms. The van der Waals surface area contributed by atoms with Crippen LogP contribution >= 0.6 is 0 Å². The zero-order valence-corrected chi connectivity index (χ0v) is 9.71. The number of aromatic nitrogens is 1. The molecule has 0 aromatic carbocycles. The first kappa shape index (κ1) is 11.9. The van der Waals surface area contributed by atoms with Crippen molar-refractivity contribution in [1.29, 1.82) is 0 Å². The molecular formula is C11H17N3O3. The van der Waals surface area contributed by atoms with Crippen molar-refractivity contribution < 1.29 is 14.9 Å². The second-order valence-corrected chi connectivity index (χ2v) is 4.15. The summed E-state index contributed by atoms with van der Waals surface area (Å²) in [4.78, 5) is 6.13. The van der Waals surface area contributed by atoms with Gasteiger partial charge in [-0.3, -0.25) is 0 Å². The zero-order valence-electron chi connectivity index (χ0n) is 9.71. The molecule has 0 radical (unpaired) electrons. The number of rotatable bonds is 3. The van der Waals surface area contributed by atoms with Gasteiger partial charge in [0.15, 0.2) is 0 Å². The monoisotopic (exact) mass is 239 g/mol. The van der Waals surface area contributed by atoms with E-state index in [-0.39, 0.29) is 12.6 Å². The Bertz CT molecular complexity index is 400. The van der Waals surface area contributed by atoms with E-state index in [0.717, 1.165) is 0 Å². The summed E-state index contributed by atoms with van der Waals surface area (Å²) in [6.07, 6.45) is 0.114. The number of ether oxygens (including phenoxy) is 1. The summed E-state index contributed by atoms with van der Waals surface area (Å²) in [5, 5.41) is 18.9. The first-order valence-electron chi connectivity index (χ1n) is 5.51. The third-order valence-electron chi connectivity index (χ3n) is 2.97. The van der Waals surface area contributed by atoms with Crippen LogP contribution in [-0.2, 0) is 0 Å². The van der Waals surface area contributed by atoms with Crippen molar-refractivity contribution in [2.75, 3.05) is 30.9 Å². The van der Waals surface area contributed by atoms with Crippen LogP contribution in [-0.4, -0.2) is 47.6 Å². The molecule has 2 heterocycles. The van der Waals surface area contributed by atoms with Crippen LogP contribution in [0.3, 0.4) is 0 Å². The molecule has 1 saturated heterocycles.